The molecule has 0 aromatic carbocycles. The van der Waals surface area contributed by atoms with Crippen LogP contribution in [0.5, 0.6) is 0 Å². The largest absolute Gasteiger partial charge is 1.00 e. The summed E-state index contributed by atoms with van der Waals surface area (Å²) in [6.45, 7) is 3.48. The van der Waals surface area contributed by atoms with Crippen LogP contribution in [0.3, 0.4) is 0 Å². The Bertz CT molecular complexity index is 214. The van der Waals surface area contributed by atoms with E-state index in [-0.39, 0.29) is 31.9 Å². The van der Waals surface area contributed by atoms with E-state index in [0.717, 1.165) is 12.2 Å². The normalized spacial score (nSPS) is 16.4. The molecule has 5 heteroatoms. The summed E-state index contributed by atoms with van der Waals surface area (Å²) in [7, 11) is 0. The maximum Gasteiger partial charge on any atom is 0.402 e. The van der Waals surface area contributed by atoms with Crippen LogP contribution in [-0.2, 0) is 19.5 Å². The van der Waals surface area contributed by atoms with Gasteiger partial charge in [-0.1, -0.05) is 30.9 Å². The fourth-order valence-electron chi connectivity index (χ4n) is 0.694. The smallest absolute Gasteiger partial charge is 0.402 e. The minimum absolute atomic E-state index is 0. The first-order valence-electron chi connectivity index (χ1n) is 2.99. The molecule has 0 saturated carbocycles. The Balaban J connectivity index is 0. The van der Waals surface area contributed by atoms with Gasteiger partial charge in [-0.3, -0.25) is 0 Å². The van der Waals surface area contributed by atoms with Gasteiger partial charge in [0, 0.05) is 19.5 Å². The second-order valence-electron chi connectivity index (χ2n) is 2.19. The van der Waals surface area contributed by atoms with Crippen molar-refractivity contribution in [2.24, 2.45) is 0 Å². The molecule has 0 unspecified atom stereocenters. The number of rotatable bonds is 0. The third-order valence-corrected chi connectivity index (χ3v) is 1.28. The molecule has 1 radical (unpaired) electrons. The summed E-state index contributed by atoms with van der Waals surface area (Å²) in [5.74, 6) is -0.634. The van der Waals surface area contributed by atoms with Crippen LogP contribution >= 0.6 is 0 Å². The summed E-state index contributed by atoms with van der Waals surface area (Å²) in [5, 5.41) is 0. The number of halogens is 4. The molecule has 0 aliphatic heterocycles. The molecule has 0 N–H and O–H groups in total. The molecule has 1 rings (SSSR count). The molecular formula is C8H6ClF3Zn-. The Kier molecular flexibility index (Phi) is 6.65. The van der Waals surface area contributed by atoms with Crippen LogP contribution in [-0.4, -0.2) is 6.18 Å². The number of alkyl halides is 3. The fraction of sp³-hybridized carbons (Fsp3) is 0.125. The maximum absolute atomic E-state index is 11.9. The first-order chi connectivity index (χ1) is 5.00. The first-order valence-corrected chi connectivity index (χ1v) is 2.99. The van der Waals surface area contributed by atoms with Crippen molar-refractivity contribution in [2.75, 3.05) is 0 Å². The second kappa shape index (κ2) is 5.61. The Morgan fingerprint density at radius 2 is 1.38 bits per heavy atom. The van der Waals surface area contributed by atoms with Gasteiger partial charge in [0.05, 0.1) is 0 Å². The van der Waals surface area contributed by atoms with Gasteiger partial charge in [0.15, 0.2) is 0 Å². The van der Waals surface area contributed by atoms with Crippen molar-refractivity contribution in [3.05, 3.63) is 42.4 Å². The molecule has 0 spiro atoms. The summed E-state index contributed by atoms with van der Waals surface area (Å²) in [6, 6.07) is 0. The number of allylic oxidation sites excluding steroid dienone is 5. The van der Waals surface area contributed by atoms with Crippen LogP contribution < -0.4 is 12.4 Å². The zero-order valence-corrected chi connectivity index (χ0v) is 10.5. The van der Waals surface area contributed by atoms with E-state index in [1.54, 1.807) is 0 Å². The Hall–Kier alpha value is -0.0766. The Morgan fingerprint density at radius 1 is 1.00 bits per heavy atom. The maximum atomic E-state index is 11.9. The van der Waals surface area contributed by atoms with E-state index in [4.69, 9.17) is 0 Å². The summed E-state index contributed by atoms with van der Waals surface area (Å²) < 4.78 is 35.7. The fourth-order valence-corrected chi connectivity index (χ4v) is 0.694. The van der Waals surface area contributed by atoms with E-state index < -0.39 is 12.1 Å². The topological polar surface area (TPSA) is 0 Å². The van der Waals surface area contributed by atoms with E-state index in [0.29, 0.717) is 5.57 Å². The van der Waals surface area contributed by atoms with E-state index in [1.807, 2.05) is 0 Å². The minimum Gasteiger partial charge on any atom is -1.00 e. The first kappa shape index (κ1) is 15.4. The van der Waals surface area contributed by atoms with Gasteiger partial charge in [0.25, 0.3) is 0 Å². The van der Waals surface area contributed by atoms with Crippen LogP contribution in [0.25, 0.3) is 0 Å². The van der Waals surface area contributed by atoms with E-state index in [2.05, 4.69) is 6.58 Å². The van der Waals surface area contributed by atoms with Gasteiger partial charge in [-0.05, 0) is 5.57 Å². The van der Waals surface area contributed by atoms with Gasteiger partial charge in [-0.2, -0.15) is 13.2 Å². The van der Waals surface area contributed by atoms with Crippen molar-refractivity contribution in [3.63, 3.8) is 0 Å². The van der Waals surface area contributed by atoms with Gasteiger partial charge >= 0.3 is 6.18 Å². The van der Waals surface area contributed by atoms with Gasteiger partial charge in [0.1, 0.15) is 5.92 Å². The van der Waals surface area contributed by atoms with Crippen LogP contribution in [0.2, 0.25) is 0 Å². The van der Waals surface area contributed by atoms with Crippen LogP contribution in [0, 0.1) is 5.92 Å². The Morgan fingerprint density at radius 3 is 1.69 bits per heavy atom. The average Bonchev–Trinajstić information content (AvgIpc) is 1.86. The molecule has 0 aromatic rings. The zero-order chi connectivity index (χ0) is 8.48. The van der Waals surface area contributed by atoms with Gasteiger partial charge in [0.2, 0.25) is 0 Å². The molecule has 0 bridgehead atoms. The summed E-state index contributed by atoms with van der Waals surface area (Å²) in [5.41, 5.74) is 0.581. The number of hydrogen-bond acceptors (Lipinski definition) is 0. The third-order valence-electron chi connectivity index (χ3n) is 1.28. The molecule has 0 saturated heterocycles. The van der Waals surface area contributed by atoms with Crippen molar-refractivity contribution in [1.82, 2.24) is 0 Å². The molecular weight excluding hydrogens is 254 g/mol. The average molecular weight is 260 g/mol. The molecule has 0 aromatic heterocycles. The van der Waals surface area contributed by atoms with E-state index in [1.165, 1.54) is 12.2 Å². The molecule has 13 heavy (non-hydrogen) atoms. The summed E-state index contributed by atoms with van der Waals surface area (Å²) in [6.07, 6.45) is 0.462. The van der Waals surface area contributed by atoms with Gasteiger partial charge in [-0.25, -0.2) is 0 Å². The molecule has 69 valence electrons. The molecule has 0 heterocycles. The van der Waals surface area contributed by atoms with Gasteiger partial charge < -0.3 is 12.4 Å². The summed E-state index contributed by atoms with van der Waals surface area (Å²) >= 11 is 0. The van der Waals surface area contributed by atoms with Crippen molar-refractivity contribution in [3.8, 4) is 0 Å². The van der Waals surface area contributed by atoms with E-state index in [9.17, 15) is 13.2 Å². The van der Waals surface area contributed by atoms with Crippen LogP contribution in [0.15, 0.2) is 36.5 Å². The molecule has 0 nitrogen and oxygen atoms in total. The molecule has 1 aliphatic carbocycles. The SMILES string of the molecule is C=C1C=C[C](C(F)(F)F)C=C1.[Cl-].[Zn]. The minimum atomic E-state index is -4.24. The van der Waals surface area contributed by atoms with Gasteiger partial charge in [-0.15, -0.1) is 0 Å². The summed E-state index contributed by atoms with van der Waals surface area (Å²) in [4.78, 5) is 0. The van der Waals surface area contributed by atoms with Crippen LogP contribution in [0.1, 0.15) is 0 Å². The Labute approximate surface area is 93.8 Å². The van der Waals surface area contributed by atoms with Crippen molar-refractivity contribution >= 4 is 0 Å². The predicted molar refractivity (Wildman–Crippen MR) is 36.7 cm³/mol. The van der Waals surface area contributed by atoms with Crippen molar-refractivity contribution in [1.29, 1.82) is 0 Å². The molecule has 0 amide bonds. The number of hydrogen-bond donors (Lipinski definition) is 0. The van der Waals surface area contributed by atoms with E-state index >= 15 is 0 Å². The predicted octanol–water partition coefficient (Wildman–Crippen LogP) is -0.193. The third kappa shape index (κ3) is 4.63. The standard InChI is InChI=1S/C8H6F3.ClH.Zn/c1-6-2-4-7(5-3-6)8(9,10)11;;/h2-5H,1H2;1H;/p-1. The monoisotopic (exact) mass is 258 g/mol. The molecule has 0 atom stereocenters. The molecule has 1 aliphatic rings. The van der Waals surface area contributed by atoms with Crippen molar-refractivity contribution in [2.45, 2.75) is 6.18 Å². The van der Waals surface area contributed by atoms with Crippen LogP contribution in [0.4, 0.5) is 13.2 Å². The quantitative estimate of drug-likeness (QED) is 0.529. The zero-order valence-electron chi connectivity index (χ0n) is 6.74. The van der Waals surface area contributed by atoms with Crippen molar-refractivity contribution < 1.29 is 45.1 Å². The molecule has 0 fully saturated rings. The second-order valence-corrected chi connectivity index (χ2v) is 2.19.